The average molecular weight is 254 g/mol. The lowest BCUT2D eigenvalue weighted by Crippen LogP contribution is -2.51. The summed E-state index contributed by atoms with van der Waals surface area (Å²) in [5.74, 6) is -0.776. The van der Waals surface area contributed by atoms with E-state index < -0.39 is 12.0 Å². The molecule has 2 amide bonds. The van der Waals surface area contributed by atoms with Gasteiger partial charge in [0.15, 0.2) is 0 Å². The zero-order chi connectivity index (χ0) is 13.1. The van der Waals surface area contributed by atoms with Gasteiger partial charge in [-0.05, 0) is 38.5 Å². The maximum absolute atomic E-state index is 12.2. The molecule has 1 unspecified atom stereocenters. The van der Waals surface area contributed by atoms with E-state index >= 15 is 0 Å². The van der Waals surface area contributed by atoms with Gasteiger partial charge < -0.3 is 15.3 Å². The molecule has 2 fully saturated rings. The Morgan fingerprint density at radius 3 is 2.33 bits per heavy atom. The minimum atomic E-state index is -0.909. The minimum Gasteiger partial charge on any atom is -0.480 e. The normalized spacial score (nSPS) is 21.6. The molecule has 0 spiro atoms. The van der Waals surface area contributed by atoms with Crippen LogP contribution >= 0.6 is 0 Å². The molecule has 5 nitrogen and oxygen atoms in total. The molecule has 1 atom stereocenters. The quantitative estimate of drug-likeness (QED) is 0.786. The fourth-order valence-electron chi connectivity index (χ4n) is 2.81. The second kappa shape index (κ2) is 5.59. The monoisotopic (exact) mass is 254 g/mol. The second-order valence-electron chi connectivity index (χ2n) is 5.33. The number of hydrogen-bond donors (Lipinski definition) is 2. The van der Waals surface area contributed by atoms with Gasteiger partial charge in [-0.25, -0.2) is 9.59 Å². The van der Waals surface area contributed by atoms with Crippen molar-refractivity contribution in [3.05, 3.63) is 0 Å². The Morgan fingerprint density at radius 1 is 1.28 bits per heavy atom. The maximum atomic E-state index is 12.2. The van der Waals surface area contributed by atoms with E-state index in [9.17, 15) is 9.59 Å². The summed E-state index contributed by atoms with van der Waals surface area (Å²) >= 11 is 0. The molecule has 2 saturated carbocycles. The highest BCUT2D eigenvalue weighted by Gasteiger charge is 2.38. The summed E-state index contributed by atoms with van der Waals surface area (Å²) in [5, 5.41) is 11.8. The van der Waals surface area contributed by atoms with Gasteiger partial charge in [-0.1, -0.05) is 12.8 Å². The molecule has 18 heavy (non-hydrogen) atoms. The summed E-state index contributed by atoms with van der Waals surface area (Å²) in [4.78, 5) is 25.1. The van der Waals surface area contributed by atoms with E-state index in [1.54, 1.807) is 4.90 Å². The number of urea groups is 1. The first kappa shape index (κ1) is 13.2. The average Bonchev–Trinajstić information content (AvgIpc) is 3.03. The van der Waals surface area contributed by atoms with Crippen molar-refractivity contribution in [3.8, 4) is 0 Å². The van der Waals surface area contributed by atoms with Crippen molar-refractivity contribution in [3.63, 3.8) is 0 Å². The molecule has 0 aromatic carbocycles. The predicted molar refractivity (Wildman–Crippen MR) is 67.3 cm³/mol. The Morgan fingerprint density at radius 2 is 1.89 bits per heavy atom. The van der Waals surface area contributed by atoms with Crippen LogP contribution in [0.3, 0.4) is 0 Å². The number of carboxylic acids is 1. The van der Waals surface area contributed by atoms with E-state index in [0.29, 0.717) is 12.6 Å². The molecule has 2 rings (SSSR count). The van der Waals surface area contributed by atoms with Gasteiger partial charge in [0.05, 0.1) is 0 Å². The van der Waals surface area contributed by atoms with Crippen LogP contribution in [0.4, 0.5) is 4.79 Å². The standard InChI is InChI=1S/C13H22N2O3/c1-2-15(10-5-3-4-6-10)13(18)14-11(12(16)17)9-7-8-9/h9-11H,2-8H2,1H3,(H,14,18)(H,16,17). The van der Waals surface area contributed by atoms with Crippen molar-refractivity contribution in [2.45, 2.75) is 57.5 Å². The van der Waals surface area contributed by atoms with Crippen LogP contribution in [0.1, 0.15) is 45.4 Å². The van der Waals surface area contributed by atoms with Crippen LogP contribution < -0.4 is 5.32 Å². The number of carbonyl (C=O) groups excluding carboxylic acids is 1. The molecule has 102 valence electrons. The molecule has 5 heteroatoms. The molecule has 2 N–H and O–H groups in total. The smallest absolute Gasteiger partial charge is 0.326 e. The van der Waals surface area contributed by atoms with E-state index in [1.165, 1.54) is 12.8 Å². The van der Waals surface area contributed by atoms with Gasteiger partial charge in [0.25, 0.3) is 0 Å². The number of hydrogen-bond acceptors (Lipinski definition) is 2. The third-order valence-electron chi connectivity index (χ3n) is 4.01. The van der Waals surface area contributed by atoms with Crippen LogP contribution in [0.25, 0.3) is 0 Å². The molecule has 0 radical (unpaired) electrons. The summed E-state index contributed by atoms with van der Waals surface area (Å²) in [7, 11) is 0. The summed E-state index contributed by atoms with van der Waals surface area (Å²) in [6.07, 6.45) is 6.24. The molecule has 2 aliphatic carbocycles. The summed E-state index contributed by atoms with van der Waals surface area (Å²) in [6, 6.07) is -0.611. The van der Waals surface area contributed by atoms with Crippen LogP contribution in [-0.2, 0) is 4.79 Å². The molecule has 0 bridgehead atoms. The van der Waals surface area contributed by atoms with Gasteiger partial charge in [-0.15, -0.1) is 0 Å². The highest BCUT2D eigenvalue weighted by Crippen LogP contribution is 2.33. The number of amides is 2. The highest BCUT2D eigenvalue weighted by molar-refractivity contribution is 5.83. The lowest BCUT2D eigenvalue weighted by Gasteiger charge is -2.29. The first-order valence-electron chi connectivity index (χ1n) is 6.93. The summed E-state index contributed by atoms with van der Waals surface area (Å²) in [6.45, 7) is 2.60. The zero-order valence-electron chi connectivity index (χ0n) is 10.9. The first-order chi connectivity index (χ1) is 8.63. The van der Waals surface area contributed by atoms with Gasteiger partial charge in [-0.3, -0.25) is 0 Å². The van der Waals surface area contributed by atoms with Gasteiger partial charge >= 0.3 is 12.0 Å². The third kappa shape index (κ3) is 2.94. The third-order valence-corrected chi connectivity index (χ3v) is 4.01. The molecular formula is C13H22N2O3. The summed E-state index contributed by atoms with van der Waals surface area (Å²) in [5.41, 5.74) is 0. The van der Waals surface area contributed by atoms with E-state index in [1.807, 2.05) is 6.92 Å². The van der Waals surface area contributed by atoms with Crippen LogP contribution in [0.5, 0.6) is 0 Å². The van der Waals surface area contributed by atoms with Crippen molar-refractivity contribution in [2.75, 3.05) is 6.54 Å². The Hall–Kier alpha value is -1.26. The van der Waals surface area contributed by atoms with Gasteiger partial charge in [0, 0.05) is 12.6 Å². The lowest BCUT2D eigenvalue weighted by atomic mass is 10.2. The molecule has 0 saturated heterocycles. The van der Waals surface area contributed by atoms with E-state index in [4.69, 9.17) is 5.11 Å². The molecule has 0 aromatic heterocycles. The predicted octanol–water partition coefficient (Wildman–Crippen LogP) is 1.82. The number of nitrogens with one attached hydrogen (secondary N) is 1. The Labute approximate surface area is 108 Å². The van der Waals surface area contributed by atoms with Crippen LogP contribution in [-0.4, -0.2) is 40.6 Å². The van der Waals surface area contributed by atoms with Crippen molar-refractivity contribution in [2.24, 2.45) is 5.92 Å². The summed E-state index contributed by atoms with van der Waals surface area (Å²) < 4.78 is 0. The molecular weight excluding hydrogens is 232 g/mol. The second-order valence-corrected chi connectivity index (χ2v) is 5.33. The van der Waals surface area contributed by atoms with Crippen molar-refractivity contribution >= 4 is 12.0 Å². The number of aliphatic carboxylic acids is 1. The van der Waals surface area contributed by atoms with Gasteiger partial charge in [-0.2, -0.15) is 0 Å². The number of carbonyl (C=O) groups is 2. The molecule has 0 aliphatic heterocycles. The fourth-order valence-corrected chi connectivity index (χ4v) is 2.81. The Kier molecular flexibility index (Phi) is 4.09. The molecule has 0 aromatic rings. The fraction of sp³-hybridized carbons (Fsp3) is 0.846. The van der Waals surface area contributed by atoms with E-state index in [0.717, 1.165) is 25.7 Å². The molecule has 0 heterocycles. The minimum absolute atomic E-state index is 0.133. The topological polar surface area (TPSA) is 69.6 Å². The SMILES string of the molecule is CCN(C(=O)NC(C(=O)O)C1CC1)C1CCCC1. The largest absolute Gasteiger partial charge is 0.480 e. The van der Waals surface area contributed by atoms with E-state index in [-0.39, 0.29) is 11.9 Å². The Balaban J connectivity index is 1.93. The first-order valence-corrected chi connectivity index (χ1v) is 6.93. The van der Waals surface area contributed by atoms with Crippen molar-refractivity contribution in [1.29, 1.82) is 0 Å². The van der Waals surface area contributed by atoms with Crippen molar-refractivity contribution in [1.82, 2.24) is 10.2 Å². The number of nitrogens with zero attached hydrogens (tertiary/aromatic N) is 1. The van der Waals surface area contributed by atoms with Gasteiger partial charge in [0.1, 0.15) is 6.04 Å². The van der Waals surface area contributed by atoms with Crippen molar-refractivity contribution < 1.29 is 14.7 Å². The number of rotatable bonds is 5. The van der Waals surface area contributed by atoms with Crippen LogP contribution in [0.15, 0.2) is 0 Å². The maximum Gasteiger partial charge on any atom is 0.326 e. The van der Waals surface area contributed by atoms with Gasteiger partial charge in [0.2, 0.25) is 0 Å². The van der Waals surface area contributed by atoms with E-state index in [2.05, 4.69) is 5.32 Å². The lowest BCUT2D eigenvalue weighted by molar-refractivity contribution is -0.139. The highest BCUT2D eigenvalue weighted by atomic mass is 16.4. The zero-order valence-corrected chi connectivity index (χ0v) is 10.9. The van der Waals surface area contributed by atoms with Crippen LogP contribution in [0, 0.1) is 5.92 Å². The number of carboxylic acid groups (broad SMARTS) is 1. The Bertz CT molecular complexity index is 322. The van der Waals surface area contributed by atoms with Crippen LogP contribution in [0.2, 0.25) is 0 Å². The molecule has 2 aliphatic rings.